The second-order valence-corrected chi connectivity index (χ2v) is 6.09. The van der Waals surface area contributed by atoms with Crippen LogP contribution in [0.3, 0.4) is 0 Å². The highest BCUT2D eigenvalue weighted by Crippen LogP contribution is 2.26. The van der Waals surface area contributed by atoms with E-state index in [0.29, 0.717) is 32.8 Å². The second kappa shape index (κ2) is 5.66. The number of aryl methyl sites for hydroxylation is 1. The van der Waals surface area contributed by atoms with Gasteiger partial charge in [-0.05, 0) is 30.2 Å². The van der Waals surface area contributed by atoms with Gasteiger partial charge in [-0.2, -0.15) is 5.26 Å². The van der Waals surface area contributed by atoms with E-state index in [1.165, 1.54) is 10.9 Å². The largest absolute Gasteiger partial charge is 0.365 e. The monoisotopic (exact) mass is 324 g/mol. The van der Waals surface area contributed by atoms with Gasteiger partial charge in [0.05, 0.1) is 34.8 Å². The molecule has 0 spiro atoms. The van der Waals surface area contributed by atoms with Gasteiger partial charge in [0.1, 0.15) is 4.83 Å². The van der Waals surface area contributed by atoms with Crippen LogP contribution in [0.15, 0.2) is 35.4 Å². The van der Waals surface area contributed by atoms with Crippen LogP contribution in [-0.2, 0) is 6.54 Å². The summed E-state index contributed by atoms with van der Waals surface area (Å²) in [7, 11) is 0. The van der Waals surface area contributed by atoms with Crippen molar-refractivity contribution in [2.75, 3.05) is 0 Å². The third-order valence-corrected chi connectivity index (χ3v) is 4.79. The van der Waals surface area contributed by atoms with Crippen LogP contribution in [0.4, 0.5) is 0 Å². The number of hydrogen-bond acceptors (Lipinski definition) is 5. The van der Waals surface area contributed by atoms with Crippen LogP contribution in [0.25, 0.3) is 10.2 Å². The highest BCUT2D eigenvalue weighted by molar-refractivity contribution is 7.20. The molecule has 0 atom stereocenters. The molecule has 0 fully saturated rings. The molecule has 0 saturated carbocycles. The van der Waals surface area contributed by atoms with Crippen LogP contribution in [-0.4, -0.2) is 15.5 Å². The molecule has 2 heterocycles. The summed E-state index contributed by atoms with van der Waals surface area (Å²) in [5.74, 6) is -0.552. The van der Waals surface area contributed by atoms with Gasteiger partial charge >= 0.3 is 0 Å². The van der Waals surface area contributed by atoms with Crippen LogP contribution < -0.4 is 11.3 Å². The fourth-order valence-electron chi connectivity index (χ4n) is 2.39. The molecular weight excluding hydrogens is 312 g/mol. The molecule has 1 amide bonds. The van der Waals surface area contributed by atoms with Gasteiger partial charge < -0.3 is 5.73 Å². The molecule has 0 aliphatic carbocycles. The molecule has 3 aromatic rings. The maximum atomic E-state index is 12.6. The normalized spacial score (nSPS) is 10.6. The average molecular weight is 324 g/mol. The minimum atomic E-state index is -0.552. The van der Waals surface area contributed by atoms with Crippen molar-refractivity contribution >= 4 is 27.5 Å². The summed E-state index contributed by atoms with van der Waals surface area (Å²) in [6, 6.07) is 9.05. The Morgan fingerprint density at radius 3 is 2.70 bits per heavy atom. The second-order valence-electron chi connectivity index (χ2n) is 5.09. The lowest BCUT2D eigenvalue weighted by molar-refractivity contribution is 0.100. The number of amides is 1. The van der Waals surface area contributed by atoms with E-state index in [1.54, 1.807) is 31.2 Å². The predicted octanol–water partition coefficient (Wildman–Crippen LogP) is 1.79. The van der Waals surface area contributed by atoms with Crippen molar-refractivity contribution in [1.82, 2.24) is 9.55 Å². The highest BCUT2D eigenvalue weighted by atomic mass is 32.1. The average Bonchev–Trinajstić information content (AvgIpc) is 2.89. The summed E-state index contributed by atoms with van der Waals surface area (Å²) in [6.45, 7) is 2.04. The van der Waals surface area contributed by atoms with Crippen LogP contribution in [0.1, 0.15) is 26.4 Å². The molecule has 0 radical (unpaired) electrons. The maximum absolute atomic E-state index is 12.6. The van der Waals surface area contributed by atoms with Crippen molar-refractivity contribution in [3.8, 4) is 6.07 Å². The van der Waals surface area contributed by atoms with Crippen molar-refractivity contribution in [1.29, 1.82) is 5.26 Å². The van der Waals surface area contributed by atoms with Gasteiger partial charge in [-0.1, -0.05) is 12.1 Å². The quantitative estimate of drug-likeness (QED) is 0.793. The first-order valence-electron chi connectivity index (χ1n) is 6.78. The molecule has 114 valence electrons. The molecule has 0 bridgehead atoms. The number of carbonyl (C=O) groups is 1. The smallest absolute Gasteiger partial charge is 0.262 e. The van der Waals surface area contributed by atoms with Gasteiger partial charge in [-0.25, -0.2) is 4.98 Å². The predicted molar refractivity (Wildman–Crippen MR) is 87.4 cm³/mol. The van der Waals surface area contributed by atoms with Crippen molar-refractivity contribution in [2.45, 2.75) is 13.5 Å². The third kappa shape index (κ3) is 2.60. The lowest BCUT2D eigenvalue weighted by Crippen LogP contribution is -2.21. The molecule has 0 aliphatic heterocycles. The van der Waals surface area contributed by atoms with Crippen molar-refractivity contribution in [2.24, 2.45) is 5.73 Å². The summed E-state index contributed by atoms with van der Waals surface area (Å²) in [5.41, 5.74) is 7.14. The zero-order chi connectivity index (χ0) is 16.6. The lowest BCUT2D eigenvalue weighted by Gasteiger charge is -2.05. The Bertz CT molecular complexity index is 1010. The van der Waals surface area contributed by atoms with Crippen molar-refractivity contribution in [3.05, 3.63) is 62.5 Å². The van der Waals surface area contributed by atoms with E-state index in [9.17, 15) is 9.59 Å². The number of thiophene rings is 1. The lowest BCUT2D eigenvalue weighted by atomic mass is 10.1. The topological polar surface area (TPSA) is 102 Å². The molecule has 2 N–H and O–H groups in total. The Labute approximate surface area is 135 Å². The molecule has 7 heteroatoms. The number of carbonyl (C=O) groups excluding carboxylic acids is 1. The summed E-state index contributed by atoms with van der Waals surface area (Å²) in [4.78, 5) is 29.2. The van der Waals surface area contributed by atoms with E-state index in [4.69, 9.17) is 11.0 Å². The zero-order valence-electron chi connectivity index (χ0n) is 12.2. The SMILES string of the molecule is Cc1c(C(N)=O)sc2ncn(Cc3ccc(C#N)cc3)c(=O)c12. The van der Waals surface area contributed by atoms with Crippen LogP contribution >= 0.6 is 11.3 Å². The van der Waals surface area contributed by atoms with E-state index in [-0.39, 0.29) is 5.56 Å². The van der Waals surface area contributed by atoms with Crippen molar-refractivity contribution in [3.63, 3.8) is 0 Å². The zero-order valence-corrected chi connectivity index (χ0v) is 13.1. The Hall–Kier alpha value is -2.98. The number of nitrogens with two attached hydrogens (primary N) is 1. The van der Waals surface area contributed by atoms with E-state index in [2.05, 4.69) is 11.1 Å². The number of rotatable bonds is 3. The van der Waals surface area contributed by atoms with Gasteiger partial charge in [0, 0.05) is 0 Å². The van der Waals surface area contributed by atoms with Gasteiger partial charge in [0.25, 0.3) is 11.5 Å². The van der Waals surface area contributed by atoms with Crippen LogP contribution in [0, 0.1) is 18.3 Å². The fourth-order valence-corrected chi connectivity index (χ4v) is 3.38. The summed E-state index contributed by atoms with van der Waals surface area (Å²) in [6.07, 6.45) is 1.46. The number of hydrogen-bond donors (Lipinski definition) is 1. The highest BCUT2D eigenvalue weighted by Gasteiger charge is 2.17. The number of nitriles is 1. The number of fused-ring (bicyclic) bond motifs is 1. The molecule has 0 unspecified atom stereocenters. The molecular formula is C16H12N4O2S. The minimum absolute atomic E-state index is 0.208. The van der Waals surface area contributed by atoms with Gasteiger partial charge in [-0.3, -0.25) is 14.2 Å². The van der Waals surface area contributed by atoms with Gasteiger partial charge in [0.2, 0.25) is 0 Å². The summed E-state index contributed by atoms with van der Waals surface area (Å²) < 4.78 is 1.48. The van der Waals surface area contributed by atoms with Crippen molar-refractivity contribution < 1.29 is 4.79 Å². The number of aromatic nitrogens is 2. The minimum Gasteiger partial charge on any atom is -0.365 e. The van der Waals surface area contributed by atoms with Gasteiger partial charge in [-0.15, -0.1) is 11.3 Å². The summed E-state index contributed by atoms with van der Waals surface area (Å²) >= 11 is 1.13. The molecule has 2 aromatic heterocycles. The van der Waals surface area contributed by atoms with Crippen LogP contribution in [0.2, 0.25) is 0 Å². The van der Waals surface area contributed by atoms with E-state index in [0.717, 1.165) is 16.9 Å². The Morgan fingerprint density at radius 2 is 2.09 bits per heavy atom. The third-order valence-electron chi connectivity index (χ3n) is 3.58. The molecule has 1 aromatic carbocycles. The molecule has 0 saturated heterocycles. The Kier molecular flexibility index (Phi) is 3.68. The maximum Gasteiger partial charge on any atom is 0.262 e. The summed E-state index contributed by atoms with van der Waals surface area (Å²) in [5, 5.41) is 9.24. The Balaban J connectivity index is 2.06. The number of primary amides is 1. The first kappa shape index (κ1) is 14.9. The standard InChI is InChI=1S/C16H12N4O2S/c1-9-12-15(23-13(9)14(18)21)19-8-20(16(12)22)7-11-4-2-10(6-17)3-5-11/h2-5,8H,7H2,1H3,(H2,18,21). The molecule has 3 rings (SSSR count). The molecule has 23 heavy (non-hydrogen) atoms. The first-order chi connectivity index (χ1) is 11.0. The first-order valence-corrected chi connectivity index (χ1v) is 7.60. The molecule has 0 aliphatic rings. The fraction of sp³-hybridized carbons (Fsp3) is 0.125. The Morgan fingerprint density at radius 1 is 1.39 bits per heavy atom. The number of nitrogens with zero attached hydrogens (tertiary/aromatic N) is 3. The van der Waals surface area contributed by atoms with E-state index < -0.39 is 5.91 Å². The van der Waals surface area contributed by atoms with E-state index >= 15 is 0 Å². The van der Waals surface area contributed by atoms with Crippen LogP contribution in [0.5, 0.6) is 0 Å². The molecule has 6 nitrogen and oxygen atoms in total. The number of benzene rings is 1. The van der Waals surface area contributed by atoms with Gasteiger partial charge in [0.15, 0.2) is 0 Å². The van der Waals surface area contributed by atoms with E-state index in [1.807, 2.05) is 0 Å².